The van der Waals surface area contributed by atoms with Crippen molar-refractivity contribution in [1.82, 2.24) is 9.97 Å². The van der Waals surface area contributed by atoms with E-state index < -0.39 is 5.91 Å². The van der Waals surface area contributed by atoms with Gasteiger partial charge in [0.2, 0.25) is 0 Å². The molecule has 0 saturated carbocycles. The minimum absolute atomic E-state index is 0.130. The maximum absolute atomic E-state index is 11.0. The Hall–Kier alpha value is -2.10. The second kappa shape index (κ2) is 4.29. The van der Waals surface area contributed by atoms with Crippen LogP contribution in [0.25, 0.3) is 11.3 Å². The third-order valence-corrected chi connectivity index (χ3v) is 2.87. The minimum atomic E-state index is -0.549. The quantitative estimate of drug-likeness (QED) is 0.850. The molecule has 3 N–H and O–H groups in total. The van der Waals surface area contributed by atoms with E-state index in [-0.39, 0.29) is 11.2 Å². The fourth-order valence-electron chi connectivity index (χ4n) is 1.74. The van der Waals surface area contributed by atoms with E-state index in [1.165, 1.54) is 5.56 Å². The van der Waals surface area contributed by atoms with Gasteiger partial charge in [-0.25, -0.2) is 4.98 Å². The first-order valence-electron chi connectivity index (χ1n) is 5.83. The van der Waals surface area contributed by atoms with Crippen LogP contribution in [0.4, 0.5) is 0 Å². The van der Waals surface area contributed by atoms with Gasteiger partial charge in [0, 0.05) is 0 Å². The number of hydrogen-bond acceptors (Lipinski definition) is 2. The predicted octanol–water partition coefficient (Wildman–Crippen LogP) is 2.47. The van der Waals surface area contributed by atoms with Crippen LogP contribution in [0.2, 0.25) is 0 Å². The predicted molar refractivity (Wildman–Crippen MR) is 71.2 cm³/mol. The van der Waals surface area contributed by atoms with Gasteiger partial charge < -0.3 is 10.7 Å². The molecule has 4 heteroatoms. The van der Waals surface area contributed by atoms with Crippen molar-refractivity contribution < 1.29 is 4.79 Å². The normalized spacial score (nSPS) is 11.5. The van der Waals surface area contributed by atoms with Crippen molar-refractivity contribution in [1.29, 1.82) is 0 Å². The summed E-state index contributed by atoms with van der Waals surface area (Å²) in [4.78, 5) is 17.8. The Balaban J connectivity index is 2.31. The lowest BCUT2D eigenvalue weighted by Gasteiger charge is -2.18. The molecule has 4 nitrogen and oxygen atoms in total. The summed E-state index contributed by atoms with van der Waals surface area (Å²) in [5, 5.41) is 0. The summed E-state index contributed by atoms with van der Waals surface area (Å²) in [6, 6.07) is 8.19. The molecule has 0 aliphatic rings. The number of carbonyl (C=O) groups is 1. The van der Waals surface area contributed by atoms with Gasteiger partial charge in [-0.1, -0.05) is 45.0 Å². The van der Waals surface area contributed by atoms with Gasteiger partial charge in [-0.3, -0.25) is 4.79 Å². The van der Waals surface area contributed by atoms with Crippen molar-refractivity contribution >= 4 is 5.91 Å². The molecule has 0 spiro atoms. The summed E-state index contributed by atoms with van der Waals surface area (Å²) in [6.45, 7) is 6.51. The zero-order valence-electron chi connectivity index (χ0n) is 10.8. The monoisotopic (exact) mass is 243 g/mol. The number of amides is 1. The molecule has 1 amide bonds. The fraction of sp³-hybridized carbons (Fsp3) is 0.286. The number of aromatic nitrogens is 2. The minimum Gasteiger partial charge on any atom is -0.363 e. The Labute approximate surface area is 106 Å². The molecule has 0 aliphatic carbocycles. The largest absolute Gasteiger partial charge is 0.363 e. The lowest BCUT2D eigenvalue weighted by atomic mass is 9.86. The summed E-state index contributed by atoms with van der Waals surface area (Å²) in [5.74, 6) is -0.363. The number of H-pyrrole nitrogens is 1. The number of nitrogens with two attached hydrogens (primary N) is 1. The number of benzene rings is 1. The van der Waals surface area contributed by atoms with Crippen LogP contribution in [0.15, 0.2) is 30.5 Å². The van der Waals surface area contributed by atoms with E-state index in [9.17, 15) is 4.79 Å². The van der Waals surface area contributed by atoms with Crippen molar-refractivity contribution in [2.24, 2.45) is 5.73 Å². The summed E-state index contributed by atoms with van der Waals surface area (Å²) in [7, 11) is 0. The van der Waals surface area contributed by atoms with Crippen molar-refractivity contribution in [2.45, 2.75) is 26.2 Å². The van der Waals surface area contributed by atoms with Gasteiger partial charge in [0.05, 0.1) is 11.9 Å². The molecule has 0 saturated heterocycles. The zero-order chi connectivity index (χ0) is 13.3. The number of rotatable bonds is 2. The topological polar surface area (TPSA) is 71.8 Å². The number of hydrogen-bond donors (Lipinski definition) is 2. The van der Waals surface area contributed by atoms with E-state index in [0.717, 1.165) is 11.3 Å². The van der Waals surface area contributed by atoms with E-state index in [0.29, 0.717) is 0 Å². The molecular weight excluding hydrogens is 226 g/mol. The SMILES string of the molecule is CC(C)(C)c1ccc(-c2cnc(C(N)=O)[nH]2)cc1. The molecule has 2 aromatic rings. The van der Waals surface area contributed by atoms with Gasteiger partial charge in [0.1, 0.15) is 0 Å². The summed E-state index contributed by atoms with van der Waals surface area (Å²) in [6.07, 6.45) is 1.62. The molecule has 0 radical (unpaired) electrons. The lowest BCUT2D eigenvalue weighted by molar-refractivity contribution is 0.0991. The third-order valence-electron chi connectivity index (χ3n) is 2.87. The van der Waals surface area contributed by atoms with E-state index in [2.05, 4.69) is 42.9 Å². The second-order valence-corrected chi connectivity index (χ2v) is 5.34. The average molecular weight is 243 g/mol. The van der Waals surface area contributed by atoms with Crippen LogP contribution in [0.5, 0.6) is 0 Å². The summed E-state index contributed by atoms with van der Waals surface area (Å²) >= 11 is 0. The number of imidazole rings is 1. The van der Waals surface area contributed by atoms with Crippen LogP contribution in [-0.4, -0.2) is 15.9 Å². The van der Waals surface area contributed by atoms with Crippen LogP contribution >= 0.6 is 0 Å². The zero-order valence-corrected chi connectivity index (χ0v) is 10.8. The van der Waals surface area contributed by atoms with Crippen molar-refractivity contribution in [3.05, 3.63) is 41.9 Å². The lowest BCUT2D eigenvalue weighted by Crippen LogP contribution is -2.12. The molecule has 1 aromatic heterocycles. The first kappa shape index (κ1) is 12.4. The molecule has 94 valence electrons. The van der Waals surface area contributed by atoms with Crippen LogP contribution in [0, 0.1) is 0 Å². The number of carbonyl (C=O) groups excluding carboxylic acids is 1. The molecule has 1 heterocycles. The number of nitrogens with one attached hydrogen (secondary N) is 1. The second-order valence-electron chi connectivity index (χ2n) is 5.34. The number of aromatic amines is 1. The Morgan fingerprint density at radius 3 is 2.28 bits per heavy atom. The molecule has 0 unspecified atom stereocenters. The van der Waals surface area contributed by atoms with E-state index in [1.54, 1.807) is 6.20 Å². The Bertz CT molecular complexity index is 561. The highest BCUT2D eigenvalue weighted by molar-refractivity contribution is 5.89. The van der Waals surface area contributed by atoms with Crippen LogP contribution in [0.1, 0.15) is 37.0 Å². The third kappa shape index (κ3) is 2.42. The highest BCUT2D eigenvalue weighted by atomic mass is 16.1. The number of nitrogens with zero attached hydrogens (tertiary/aromatic N) is 1. The van der Waals surface area contributed by atoms with Gasteiger partial charge in [0.15, 0.2) is 5.82 Å². The number of primary amides is 1. The van der Waals surface area contributed by atoms with Gasteiger partial charge in [-0.2, -0.15) is 0 Å². The van der Waals surface area contributed by atoms with Gasteiger partial charge in [-0.05, 0) is 16.5 Å². The highest BCUT2D eigenvalue weighted by Gasteiger charge is 2.13. The Morgan fingerprint density at radius 1 is 1.22 bits per heavy atom. The van der Waals surface area contributed by atoms with Gasteiger partial charge >= 0.3 is 0 Å². The van der Waals surface area contributed by atoms with Gasteiger partial charge in [0.25, 0.3) is 5.91 Å². The summed E-state index contributed by atoms with van der Waals surface area (Å²) < 4.78 is 0. The van der Waals surface area contributed by atoms with E-state index in [1.807, 2.05) is 12.1 Å². The van der Waals surface area contributed by atoms with Crippen molar-refractivity contribution in [3.63, 3.8) is 0 Å². The Morgan fingerprint density at radius 2 is 1.83 bits per heavy atom. The fourth-order valence-corrected chi connectivity index (χ4v) is 1.74. The molecule has 18 heavy (non-hydrogen) atoms. The molecule has 0 atom stereocenters. The Kier molecular flexibility index (Phi) is 2.95. The molecule has 0 bridgehead atoms. The maximum atomic E-state index is 11.0. The first-order chi connectivity index (χ1) is 8.38. The maximum Gasteiger partial charge on any atom is 0.284 e. The van der Waals surface area contributed by atoms with Crippen molar-refractivity contribution in [2.75, 3.05) is 0 Å². The molecule has 1 aromatic carbocycles. The molecule has 0 fully saturated rings. The van der Waals surface area contributed by atoms with Crippen LogP contribution in [-0.2, 0) is 5.41 Å². The molecule has 0 aliphatic heterocycles. The first-order valence-corrected chi connectivity index (χ1v) is 5.83. The van der Waals surface area contributed by atoms with E-state index in [4.69, 9.17) is 5.73 Å². The standard InChI is InChI=1S/C14H17N3O/c1-14(2,3)10-6-4-9(5-7-10)11-8-16-13(17-11)12(15)18/h4-8H,1-3H3,(H2,15,18)(H,16,17). The highest BCUT2D eigenvalue weighted by Crippen LogP contribution is 2.25. The smallest absolute Gasteiger partial charge is 0.284 e. The van der Waals surface area contributed by atoms with Gasteiger partial charge in [-0.15, -0.1) is 0 Å². The van der Waals surface area contributed by atoms with Crippen LogP contribution in [0.3, 0.4) is 0 Å². The summed E-state index contributed by atoms with van der Waals surface area (Å²) in [5.41, 5.74) is 8.33. The van der Waals surface area contributed by atoms with Crippen LogP contribution < -0.4 is 5.73 Å². The average Bonchev–Trinajstić information content (AvgIpc) is 2.77. The van der Waals surface area contributed by atoms with E-state index >= 15 is 0 Å². The molecule has 2 rings (SSSR count). The molecular formula is C14H17N3O. The van der Waals surface area contributed by atoms with Crippen molar-refractivity contribution in [3.8, 4) is 11.3 Å².